The van der Waals surface area contributed by atoms with Crippen molar-refractivity contribution in [3.63, 3.8) is 0 Å². The molecule has 0 atom stereocenters. The highest BCUT2D eigenvalue weighted by molar-refractivity contribution is 6.30. The molecule has 0 spiro atoms. The van der Waals surface area contributed by atoms with E-state index in [1.807, 2.05) is 45.0 Å². The number of anilines is 1. The fourth-order valence-corrected chi connectivity index (χ4v) is 4.18. The normalized spacial score (nSPS) is 15.4. The summed E-state index contributed by atoms with van der Waals surface area (Å²) >= 11 is 6.04. The van der Waals surface area contributed by atoms with Crippen molar-refractivity contribution in [3.05, 3.63) is 64.2 Å². The van der Waals surface area contributed by atoms with Crippen LogP contribution in [-0.2, 0) is 10.2 Å². The summed E-state index contributed by atoms with van der Waals surface area (Å²) in [6.45, 7) is 5.98. The molecule has 7 heteroatoms. The van der Waals surface area contributed by atoms with Crippen LogP contribution in [0.3, 0.4) is 0 Å². The Labute approximate surface area is 175 Å². The predicted octanol–water partition coefficient (Wildman–Crippen LogP) is 4.69. The minimum atomic E-state index is -0.532. The van der Waals surface area contributed by atoms with Crippen molar-refractivity contribution in [2.45, 2.75) is 51.9 Å². The molecule has 6 nitrogen and oxygen atoms in total. The summed E-state index contributed by atoms with van der Waals surface area (Å²) < 4.78 is 1.72. The van der Waals surface area contributed by atoms with E-state index in [9.17, 15) is 4.79 Å². The van der Waals surface area contributed by atoms with Crippen molar-refractivity contribution in [1.29, 1.82) is 0 Å². The summed E-state index contributed by atoms with van der Waals surface area (Å²) in [5.74, 6) is 0.473. The molecule has 1 fully saturated rings. The van der Waals surface area contributed by atoms with Crippen molar-refractivity contribution in [3.8, 4) is 5.95 Å². The number of nitrogens with zero attached hydrogens (tertiary/aromatic N) is 4. The van der Waals surface area contributed by atoms with E-state index in [-0.39, 0.29) is 5.91 Å². The Hall–Kier alpha value is -2.73. The third-order valence-corrected chi connectivity index (χ3v) is 6.28. The summed E-state index contributed by atoms with van der Waals surface area (Å²) in [5.41, 5.74) is 4.14. The quantitative estimate of drug-likeness (QED) is 0.678. The molecule has 29 heavy (non-hydrogen) atoms. The number of carbonyl (C=O) groups is 1. The Balaban J connectivity index is 1.57. The zero-order valence-electron chi connectivity index (χ0n) is 16.9. The van der Waals surface area contributed by atoms with Gasteiger partial charge in [-0.3, -0.25) is 4.79 Å². The molecule has 4 rings (SSSR count). The molecule has 1 aliphatic carbocycles. The Bertz CT molecular complexity index is 1030. The molecule has 150 valence electrons. The van der Waals surface area contributed by atoms with Crippen molar-refractivity contribution in [1.82, 2.24) is 19.7 Å². The van der Waals surface area contributed by atoms with Crippen LogP contribution in [0.1, 0.15) is 48.2 Å². The standard InChI is InChI=1S/C22H24ClN5O/c1-14-15(2)27-28(16(14)3)21-24-12-19(13-25-21)26-20(29)22(10-4-5-11-22)17-6-8-18(23)9-7-17/h6-9,12-13H,4-5,10-11H2,1-3H3,(H,26,29). The average Bonchev–Trinajstić information content (AvgIpc) is 3.31. The van der Waals surface area contributed by atoms with Gasteiger partial charge in [0.15, 0.2) is 0 Å². The molecule has 0 saturated heterocycles. The van der Waals surface area contributed by atoms with Crippen molar-refractivity contribution < 1.29 is 4.79 Å². The monoisotopic (exact) mass is 409 g/mol. The maximum absolute atomic E-state index is 13.3. The zero-order valence-corrected chi connectivity index (χ0v) is 17.6. The lowest BCUT2D eigenvalue weighted by Gasteiger charge is -2.28. The first-order valence-corrected chi connectivity index (χ1v) is 10.2. The number of aromatic nitrogens is 4. The average molecular weight is 410 g/mol. The lowest BCUT2D eigenvalue weighted by molar-refractivity contribution is -0.121. The number of aryl methyl sites for hydroxylation is 1. The van der Waals surface area contributed by atoms with Gasteiger partial charge in [0.2, 0.25) is 5.91 Å². The lowest BCUT2D eigenvalue weighted by Crippen LogP contribution is -2.38. The predicted molar refractivity (Wildman–Crippen MR) is 114 cm³/mol. The van der Waals surface area contributed by atoms with Gasteiger partial charge in [-0.2, -0.15) is 5.10 Å². The number of nitrogens with one attached hydrogen (secondary N) is 1. The second-order valence-corrected chi connectivity index (χ2v) is 8.17. The minimum Gasteiger partial charge on any atom is -0.323 e. The van der Waals surface area contributed by atoms with Crippen LogP contribution in [-0.4, -0.2) is 25.7 Å². The maximum Gasteiger partial charge on any atom is 0.250 e. The van der Waals surface area contributed by atoms with E-state index in [1.54, 1.807) is 17.1 Å². The van der Waals surface area contributed by atoms with E-state index in [0.717, 1.165) is 48.2 Å². The zero-order chi connectivity index (χ0) is 20.6. The van der Waals surface area contributed by atoms with Gasteiger partial charge in [-0.25, -0.2) is 14.6 Å². The van der Waals surface area contributed by atoms with Gasteiger partial charge in [-0.05, 0) is 56.9 Å². The molecule has 1 aliphatic rings. The molecule has 1 N–H and O–H groups in total. The second kappa shape index (κ2) is 7.59. The van der Waals surface area contributed by atoms with Gasteiger partial charge in [0, 0.05) is 10.7 Å². The number of hydrogen-bond acceptors (Lipinski definition) is 4. The fourth-order valence-electron chi connectivity index (χ4n) is 4.06. The van der Waals surface area contributed by atoms with E-state index in [2.05, 4.69) is 20.4 Å². The van der Waals surface area contributed by atoms with Crippen LogP contribution < -0.4 is 5.32 Å². The van der Waals surface area contributed by atoms with Crippen LogP contribution in [0.2, 0.25) is 5.02 Å². The Morgan fingerprint density at radius 2 is 1.69 bits per heavy atom. The molecule has 0 unspecified atom stereocenters. The summed E-state index contributed by atoms with van der Waals surface area (Å²) in [6, 6.07) is 7.60. The first kappa shape index (κ1) is 19.6. The second-order valence-electron chi connectivity index (χ2n) is 7.73. The summed E-state index contributed by atoms with van der Waals surface area (Å²) in [6.07, 6.45) is 6.98. The highest BCUT2D eigenvalue weighted by Crippen LogP contribution is 2.42. The highest BCUT2D eigenvalue weighted by Gasteiger charge is 2.42. The van der Waals surface area contributed by atoms with Gasteiger partial charge >= 0.3 is 0 Å². The molecular weight excluding hydrogens is 386 g/mol. The van der Waals surface area contributed by atoms with Gasteiger partial charge in [-0.15, -0.1) is 0 Å². The molecule has 1 aromatic carbocycles. The van der Waals surface area contributed by atoms with Gasteiger partial charge < -0.3 is 5.32 Å². The molecule has 0 bridgehead atoms. The third kappa shape index (κ3) is 3.53. The molecule has 2 aromatic heterocycles. The van der Waals surface area contributed by atoms with E-state index < -0.39 is 5.41 Å². The van der Waals surface area contributed by atoms with Gasteiger partial charge in [0.25, 0.3) is 5.95 Å². The molecule has 0 radical (unpaired) electrons. The topological polar surface area (TPSA) is 72.7 Å². The van der Waals surface area contributed by atoms with Gasteiger partial charge in [-0.1, -0.05) is 36.6 Å². The lowest BCUT2D eigenvalue weighted by atomic mass is 9.78. The minimum absolute atomic E-state index is 0.0179. The van der Waals surface area contributed by atoms with E-state index in [4.69, 9.17) is 11.6 Å². The van der Waals surface area contributed by atoms with Crippen molar-refractivity contribution in [2.24, 2.45) is 0 Å². The Morgan fingerprint density at radius 1 is 1.07 bits per heavy atom. The summed E-state index contributed by atoms with van der Waals surface area (Å²) in [7, 11) is 0. The molecule has 0 aliphatic heterocycles. The van der Waals surface area contributed by atoms with E-state index >= 15 is 0 Å². The SMILES string of the molecule is Cc1nn(-c2ncc(NC(=O)C3(c4ccc(Cl)cc4)CCCC3)cn2)c(C)c1C. The van der Waals surface area contributed by atoms with Crippen molar-refractivity contribution in [2.75, 3.05) is 5.32 Å². The summed E-state index contributed by atoms with van der Waals surface area (Å²) in [4.78, 5) is 22.1. The van der Waals surface area contributed by atoms with Crippen LogP contribution >= 0.6 is 11.6 Å². The number of amides is 1. The van der Waals surface area contributed by atoms with E-state index in [1.165, 1.54) is 0 Å². The number of carbonyl (C=O) groups excluding carboxylic acids is 1. The number of hydrogen-bond donors (Lipinski definition) is 1. The third-order valence-electron chi connectivity index (χ3n) is 6.03. The Morgan fingerprint density at radius 3 is 2.24 bits per heavy atom. The van der Waals surface area contributed by atoms with Gasteiger partial charge in [0.05, 0.1) is 29.2 Å². The van der Waals surface area contributed by atoms with Crippen LogP contribution in [0.15, 0.2) is 36.7 Å². The molecule has 1 saturated carbocycles. The molecule has 2 heterocycles. The number of halogens is 1. The van der Waals surface area contributed by atoms with E-state index in [0.29, 0.717) is 16.7 Å². The van der Waals surface area contributed by atoms with Crippen LogP contribution in [0, 0.1) is 20.8 Å². The Kier molecular flexibility index (Phi) is 5.13. The number of benzene rings is 1. The first-order chi connectivity index (χ1) is 13.9. The highest BCUT2D eigenvalue weighted by atomic mass is 35.5. The fraction of sp³-hybridized carbons (Fsp3) is 0.364. The number of rotatable bonds is 4. The van der Waals surface area contributed by atoms with Crippen LogP contribution in [0.4, 0.5) is 5.69 Å². The first-order valence-electron chi connectivity index (χ1n) is 9.83. The molecular formula is C22H24ClN5O. The van der Waals surface area contributed by atoms with Gasteiger partial charge in [0.1, 0.15) is 0 Å². The molecule has 3 aromatic rings. The summed E-state index contributed by atoms with van der Waals surface area (Å²) in [5, 5.41) is 8.18. The largest absolute Gasteiger partial charge is 0.323 e. The van der Waals surface area contributed by atoms with Crippen molar-refractivity contribution >= 4 is 23.2 Å². The van der Waals surface area contributed by atoms with Crippen LogP contribution in [0.5, 0.6) is 0 Å². The van der Waals surface area contributed by atoms with Crippen LogP contribution in [0.25, 0.3) is 5.95 Å². The smallest absolute Gasteiger partial charge is 0.250 e. The maximum atomic E-state index is 13.3. The molecule has 1 amide bonds.